The van der Waals surface area contributed by atoms with Gasteiger partial charge in [-0.05, 0) is 38.9 Å². The van der Waals surface area contributed by atoms with E-state index < -0.39 is 0 Å². The Balaban J connectivity index is 2.73. The SMILES string of the molecule is COCC1CCCN1C(C)(C)C#CC(=O)SC. The first kappa shape index (κ1) is 14.6. The Morgan fingerprint density at radius 1 is 1.59 bits per heavy atom. The number of methoxy groups -OCH3 is 1. The summed E-state index contributed by atoms with van der Waals surface area (Å²) < 4.78 is 5.24. The largest absolute Gasteiger partial charge is 0.383 e. The van der Waals surface area contributed by atoms with E-state index in [9.17, 15) is 4.79 Å². The maximum atomic E-state index is 11.2. The van der Waals surface area contributed by atoms with Crippen molar-refractivity contribution < 1.29 is 9.53 Å². The molecule has 0 aromatic heterocycles. The van der Waals surface area contributed by atoms with Crippen molar-refractivity contribution in [1.82, 2.24) is 4.90 Å². The van der Waals surface area contributed by atoms with Gasteiger partial charge in [0, 0.05) is 19.7 Å². The Hall–Kier alpha value is -0.500. The van der Waals surface area contributed by atoms with Gasteiger partial charge in [0.25, 0.3) is 5.12 Å². The lowest BCUT2D eigenvalue weighted by Gasteiger charge is -2.35. The van der Waals surface area contributed by atoms with Gasteiger partial charge in [0.15, 0.2) is 0 Å². The molecule has 17 heavy (non-hydrogen) atoms. The smallest absolute Gasteiger partial charge is 0.262 e. The van der Waals surface area contributed by atoms with Crippen molar-refractivity contribution in [2.24, 2.45) is 0 Å². The van der Waals surface area contributed by atoms with Crippen molar-refractivity contribution >= 4 is 16.9 Å². The van der Waals surface area contributed by atoms with Crippen molar-refractivity contribution in [2.75, 3.05) is 26.5 Å². The third-order valence-electron chi connectivity index (χ3n) is 3.11. The van der Waals surface area contributed by atoms with Crippen molar-refractivity contribution in [1.29, 1.82) is 0 Å². The molecule has 1 aliphatic rings. The molecule has 0 amide bonds. The minimum absolute atomic E-state index is 0.0689. The number of hydrogen-bond acceptors (Lipinski definition) is 4. The van der Waals surface area contributed by atoms with Crippen LogP contribution in [0, 0.1) is 11.8 Å². The van der Waals surface area contributed by atoms with Gasteiger partial charge in [-0.15, -0.1) is 0 Å². The van der Waals surface area contributed by atoms with Crippen molar-refractivity contribution in [2.45, 2.75) is 38.3 Å². The molecule has 1 saturated heterocycles. The zero-order valence-electron chi connectivity index (χ0n) is 11.1. The van der Waals surface area contributed by atoms with E-state index in [0.29, 0.717) is 6.04 Å². The standard InChI is InChI=1S/C13H21NO2S/c1-13(2,8-7-12(15)17-4)14-9-5-6-11(14)10-16-3/h11H,5-6,9-10H2,1-4H3. The van der Waals surface area contributed by atoms with Gasteiger partial charge < -0.3 is 4.74 Å². The Labute approximate surface area is 108 Å². The van der Waals surface area contributed by atoms with Gasteiger partial charge in [-0.2, -0.15) is 0 Å². The van der Waals surface area contributed by atoms with Gasteiger partial charge in [-0.3, -0.25) is 9.69 Å². The molecule has 1 aliphatic heterocycles. The predicted molar refractivity (Wildman–Crippen MR) is 72.0 cm³/mol. The van der Waals surface area contributed by atoms with Gasteiger partial charge in [0.1, 0.15) is 0 Å². The number of rotatable bonds is 3. The summed E-state index contributed by atoms with van der Waals surface area (Å²) in [4.78, 5) is 13.6. The van der Waals surface area contributed by atoms with E-state index in [1.54, 1.807) is 13.4 Å². The summed E-state index contributed by atoms with van der Waals surface area (Å²) in [6, 6.07) is 0.425. The average molecular weight is 255 g/mol. The van der Waals surface area contributed by atoms with Crippen LogP contribution >= 0.6 is 11.8 Å². The maximum Gasteiger partial charge on any atom is 0.262 e. The van der Waals surface area contributed by atoms with E-state index in [1.165, 1.54) is 6.42 Å². The Morgan fingerprint density at radius 3 is 2.88 bits per heavy atom. The fraction of sp³-hybridized carbons (Fsp3) is 0.769. The van der Waals surface area contributed by atoms with Crippen LogP contribution in [0.5, 0.6) is 0 Å². The highest BCUT2D eigenvalue weighted by molar-refractivity contribution is 8.13. The summed E-state index contributed by atoms with van der Waals surface area (Å²) in [6.45, 7) is 5.91. The van der Waals surface area contributed by atoms with Crippen molar-refractivity contribution in [3.8, 4) is 11.8 Å². The molecule has 0 aliphatic carbocycles. The number of likely N-dealkylation sites (tertiary alicyclic amines) is 1. The molecule has 0 bridgehead atoms. The van der Waals surface area contributed by atoms with Crippen LogP contribution in [0.4, 0.5) is 0 Å². The molecule has 1 heterocycles. The normalized spacial score (nSPS) is 21.1. The quantitative estimate of drug-likeness (QED) is 0.719. The van der Waals surface area contributed by atoms with E-state index in [-0.39, 0.29) is 10.7 Å². The van der Waals surface area contributed by atoms with E-state index in [0.717, 1.165) is 31.3 Å². The number of hydrogen-bond donors (Lipinski definition) is 0. The van der Waals surface area contributed by atoms with Gasteiger partial charge >= 0.3 is 0 Å². The second-order valence-corrected chi connectivity index (χ2v) is 5.52. The Kier molecular flexibility index (Phi) is 5.51. The molecule has 0 N–H and O–H groups in total. The van der Waals surface area contributed by atoms with Crippen LogP contribution in [-0.2, 0) is 9.53 Å². The molecule has 0 saturated carbocycles. The first-order chi connectivity index (χ1) is 8.01. The highest BCUT2D eigenvalue weighted by Gasteiger charge is 2.34. The summed E-state index contributed by atoms with van der Waals surface area (Å²) in [7, 11) is 1.73. The minimum Gasteiger partial charge on any atom is -0.383 e. The number of nitrogens with zero attached hydrogens (tertiary/aromatic N) is 1. The van der Waals surface area contributed by atoms with Gasteiger partial charge in [0.05, 0.1) is 12.1 Å². The molecule has 0 aromatic carbocycles. The van der Waals surface area contributed by atoms with Crippen LogP contribution in [0.3, 0.4) is 0 Å². The predicted octanol–water partition coefficient (Wildman–Crippen LogP) is 1.77. The highest BCUT2D eigenvalue weighted by Crippen LogP contribution is 2.26. The van der Waals surface area contributed by atoms with Gasteiger partial charge in [-0.25, -0.2) is 0 Å². The molecule has 1 fully saturated rings. The Morgan fingerprint density at radius 2 is 2.29 bits per heavy atom. The lowest BCUT2D eigenvalue weighted by molar-refractivity contribution is -0.106. The van der Waals surface area contributed by atoms with Crippen molar-refractivity contribution in [3.63, 3.8) is 0 Å². The zero-order chi connectivity index (χ0) is 12.9. The molecular weight excluding hydrogens is 234 g/mol. The zero-order valence-corrected chi connectivity index (χ0v) is 11.9. The minimum atomic E-state index is -0.259. The Bertz CT molecular complexity index is 330. The lowest BCUT2D eigenvalue weighted by Crippen LogP contribution is -2.47. The molecule has 1 rings (SSSR count). The molecule has 4 heteroatoms. The summed E-state index contributed by atoms with van der Waals surface area (Å²) in [6.07, 6.45) is 4.08. The molecule has 1 atom stereocenters. The second kappa shape index (κ2) is 6.44. The van der Waals surface area contributed by atoms with Crippen LogP contribution in [0.25, 0.3) is 0 Å². The van der Waals surface area contributed by atoms with E-state index in [1.807, 2.05) is 0 Å². The van der Waals surface area contributed by atoms with Crippen LogP contribution in [0.1, 0.15) is 26.7 Å². The number of thioether (sulfide) groups is 1. The number of carbonyl (C=O) groups excluding carboxylic acids is 1. The third-order valence-corrected chi connectivity index (χ3v) is 3.58. The van der Waals surface area contributed by atoms with Crippen LogP contribution in [0.2, 0.25) is 0 Å². The molecular formula is C13H21NO2S. The van der Waals surface area contributed by atoms with Crippen LogP contribution in [-0.4, -0.2) is 48.1 Å². The van der Waals surface area contributed by atoms with Gasteiger partial charge in [-0.1, -0.05) is 17.7 Å². The molecule has 96 valence electrons. The van der Waals surface area contributed by atoms with E-state index >= 15 is 0 Å². The highest BCUT2D eigenvalue weighted by atomic mass is 32.2. The maximum absolute atomic E-state index is 11.2. The summed E-state index contributed by atoms with van der Waals surface area (Å²) in [5.74, 6) is 5.79. The fourth-order valence-corrected chi connectivity index (χ4v) is 2.42. The first-order valence-corrected chi connectivity index (χ1v) is 7.10. The summed E-state index contributed by atoms with van der Waals surface area (Å²) >= 11 is 1.16. The third kappa shape index (κ3) is 4.02. The topological polar surface area (TPSA) is 29.5 Å². The molecule has 0 aromatic rings. The molecule has 3 nitrogen and oxygen atoms in total. The molecule has 1 unspecified atom stereocenters. The fourth-order valence-electron chi connectivity index (χ4n) is 2.26. The summed E-state index contributed by atoms with van der Waals surface area (Å²) in [5, 5.41) is -0.0689. The average Bonchev–Trinajstić information content (AvgIpc) is 2.75. The summed E-state index contributed by atoms with van der Waals surface area (Å²) in [5.41, 5.74) is -0.259. The lowest BCUT2D eigenvalue weighted by atomic mass is 10.0. The van der Waals surface area contributed by atoms with E-state index in [4.69, 9.17) is 4.74 Å². The van der Waals surface area contributed by atoms with Crippen LogP contribution in [0.15, 0.2) is 0 Å². The number of ether oxygens (including phenoxy) is 1. The number of carbonyl (C=O) groups is 1. The van der Waals surface area contributed by atoms with Crippen LogP contribution < -0.4 is 0 Å². The van der Waals surface area contributed by atoms with Crippen molar-refractivity contribution in [3.05, 3.63) is 0 Å². The molecule has 0 radical (unpaired) electrons. The molecule has 0 spiro atoms. The monoisotopic (exact) mass is 255 g/mol. The first-order valence-electron chi connectivity index (χ1n) is 5.88. The van der Waals surface area contributed by atoms with E-state index in [2.05, 4.69) is 30.6 Å². The second-order valence-electron chi connectivity index (χ2n) is 4.75. The van der Waals surface area contributed by atoms with Gasteiger partial charge in [0.2, 0.25) is 0 Å².